The van der Waals surface area contributed by atoms with Crippen molar-refractivity contribution in [2.24, 2.45) is 16.2 Å². The molecule has 1 fully saturated rings. The van der Waals surface area contributed by atoms with E-state index in [2.05, 4.69) is 0 Å². The molecule has 0 bridgehead atoms. The van der Waals surface area contributed by atoms with E-state index in [0.717, 1.165) is 27.1 Å². The Hall–Kier alpha value is -2.08. The molecule has 0 amide bonds. The largest absolute Gasteiger partial charge is 0.468 e. The summed E-state index contributed by atoms with van der Waals surface area (Å²) in [4.78, 5) is 24.3. The zero-order valence-electron chi connectivity index (χ0n) is 12.9. The Bertz CT molecular complexity index is 491. The molecule has 0 aromatic heterocycles. The monoisotopic (exact) mass is 292 g/mol. The summed E-state index contributed by atoms with van der Waals surface area (Å²) in [6.45, 7) is 3.63. The van der Waals surface area contributed by atoms with Crippen LogP contribution in [0.15, 0.2) is 0 Å². The van der Waals surface area contributed by atoms with Crippen LogP contribution in [0.5, 0.6) is 0 Å². The van der Waals surface area contributed by atoms with Gasteiger partial charge in [-0.25, -0.2) is 0 Å². The number of methoxy groups -OCH3 is 2. The lowest BCUT2D eigenvalue weighted by Gasteiger charge is -2.13. The number of rotatable bonds is 6. The van der Waals surface area contributed by atoms with Crippen LogP contribution >= 0.6 is 0 Å². The predicted molar refractivity (Wildman–Crippen MR) is 72.4 cm³/mol. The fraction of sp³-hybridized carbons (Fsp3) is 0.733. The Labute approximate surface area is 124 Å². The van der Waals surface area contributed by atoms with Crippen molar-refractivity contribution in [1.29, 1.82) is 10.5 Å². The summed E-state index contributed by atoms with van der Waals surface area (Å²) in [7, 11) is 2.29. The molecule has 1 unspecified atom stereocenters. The van der Waals surface area contributed by atoms with E-state index in [1.54, 1.807) is 6.92 Å². The number of carbonyl (C=O) groups is 2. The number of nitriles is 2. The third-order valence-electron chi connectivity index (χ3n) is 4.75. The highest BCUT2D eigenvalue weighted by atomic mass is 16.5. The molecule has 0 aliphatic heterocycles. The fourth-order valence-electron chi connectivity index (χ4n) is 3.46. The van der Waals surface area contributed by atoms with Gasteiger partial charge in [-0.15, -0.1) is 0 Å². The fourth-order valence-corrected chi connectivity index (χ4v) is 3.46. The molecular weight excluding hydrogens is 272 g/mol. The van der Waals surface area contributed by atoms with Gasteiger partial charge in [-0.05, 0) is 6.42 Å². The number of hydrogen-bond acceptors (Lipinski definition) is 6. The second-order valence-electron chi connectivity index (χ2n) is 5.50. The van der Waals surface area contributed by atoms with Crippen LogP contribution in [-0.2, 0) is 19.1 Å². The molecule has 1 aliphatic rings. The number of hydrogen-bond donors (Lipinski definition) is 0. The van der Waals surface area contributed by atoms with Crippen molar-refractivity contribution in [3.63, 3.8) is 0 Å². The summed E-state index contributed by atoms with van der Waals surface area (Å²) in [5, 5.41) is 19.1. The van der Waals surface area contributed by atoms with Crippen molar-refractivity contribution in [1.82, 2.24) is 0 Å². The minimum Gasteiger partial charge on any atom is -0.468 e. The molecule has 0 spiro atoms. The molecule has 114 valence electrons. The molecule has 21 heavy (non-hydrogen) atoms. The van der Waals surface area contributed by atoms with Gasteiger partial charge in [0.15, 0.2) is 10.8 Å². The van der Waals surface area contributed by atoms with Gasteiger partial charge in [-0.3, -0.25) is 9.59 Å². The van der Waals surface area contributed by atoms with Gasteiger partial charge in [0.05, 0.1) is 26.4 Å². The molecule has 1 rings (SSSR count). The molecule has 0 saturated heterocycles. The number of unbranched alkanes of at least 4 members (excludes halogenated alkanes) is 2. The molecule has 0 N–H and O–H groups in total. The van der Waals surface area contributed by atoms with Crippen LogP contribution in [0.2, 0.25) is 0 Å². The van der Waals surface area contributed by atoms with E-state index in [0.29, 0.717) is 12.8 Å². The first kappa shape index (κ1) is 17.0. The zero-order chi connectivity index (χ0) is 16.3. The zero-order valence-corrected chi connectivity index (χ0v) is 12.9. The second kappa shape index (κ2) is 5.73. The second-order valence-corrected chi connectivity index (χ2v) is 5.50. The summed E-state index contributed by atoms with van der Waals surface area (Å²) in [5.41, 5.74) is -4.70. The first-order valence-electron chi connectivity index (χ1n) is 6.89. The number of esters is 2. The number of ether oxygens (including phenoxy) is 2. The molecule has 0 heterocycles. The standard InChI is InChI=1S/C15H20N2O4/c1-5-6-7-8-13(2)14(9-16,11(18)20-3)15(13,10-17)12(19)21-4/h5-8H2,1-4H3/t13?,14-,15+. The van der Waals surface area contributed by atoms with E-state index in [9.17, 15) is 20.1 Å². The van der Waals surface area contributed by atoms with Gasteiger partial charge in [0.2, 0.25) is 0 Å². The Balaban J connectivity index is 3.38. The summed E-state index contributed by atoms with van der Waals surface area (Å²) in [6, 6.07) is 3.76. The molecule has 0 aromatic carbocycles. The van der Waals surface area contributed by atoms with Gasteiger partial charge in [-0.1, -0.05) is 33.1 Å². The van der Waals surface area contributed by atoms with Gasteiger partial charge >= 0.3 is 11.9 Å². The van der Waals surface area contributed by atoms with Crippen LogP contribution in [0.3, 0.4) is 0 Å². The van der Waals surface area contributed by atoms with Gasteiger partial charge in [0, 0.05) is 5.41 Å². The molecule has 6 nitrogen and oxygen atoms in total. The Morgan fingerprint density at radius 3 is 1.71 bits per heavy atom. The average Bonchev–Trinajstić information content (AvgIpc) is 3.00. The van der Waals surface area contributed by atoms with Crippen molar-refractivity contribution in [3.8, 4) is 12.1 Å². The van der Waals surface area contributed by atoms with Crippen LogP contribution in [0.25, 0.3) is 0 Å². The van der Waals surface area contributed by atoms with E-state index < -0.39 is 28.2 Å². The maximum atomic E-state index is 12.2. The molecule has 3 atom stereocenters. The van der Waals surface area contributed by atoms with Gasteiger partial charge in [0.1, 0.15) is 0 Å². The average molecular weight is 292 g/mol. The van der Waals surface area contributed by atoms with Crippen molar-refractivity contribution < 1.29 is 19.1 Å². The van der Waals surface area contributed by atoms with Crippen LogP contribution in [0.4, 0.5) is 0 Å². The quantitative estimate of drug-likeness (QED) is 0.548. The van der Waals surface area contributed by atoms with Crippen LogP contribution in [-0.4, -0.2) is 26.2 Å². The summed E-state index contributed by atoms with van der Waals surface area (Å²) < 4.78 is 9.40. The maximum Gasteiger partial charge on any atom is 0.329 e. The lowest BCUT2D eigenvalue weighted by atomic mass is 9.89. The first-order chi connectivity index (χ1) is 9.89. The summed E-state index contributed by atoms with van der Waals surface area (Å²) in [6.07, 6.45) is 2.96. The van der Waals surface area contributed by atoms with Crippen LogP contribution < -0.4 is 0 Å². The van der Waals surface area contributed by atoms with Crippen molar-refractivity contribution in [3.05, 3.63) is 0 Å². The van der Waals surface area contributed by atoms with Crippen LogP contribution in [0, 0.1) is 38.9 Å². The maximum absolute atomic E-state index is 12.2. The van der Waals surface area contributed by atoms with Gasteiger partial charge in [0.25, 0.3) is 0 Å². The molecular formula is C15H20N2O4. The van der Waals surface area contributed by atoms with Crippen molar-refractivity contribution in [2.75, 3.05) is 14.2 Å². The van der Waals surface area contributed by atoms with Crippen LogP contribution in [0.1, 0.15) is 39.5 Å². The first-order valence-corrected chi connectivity index (χ1v) is 6.89. The molecule has 0 radical (unpaired) electrons. The Morgan fingerprint density at radius 1 is 1.00 bits per heavy atom. The molecule has 1 aliphatic carbocycles. The predicted octanol–water partition coefficient (Wildman–Crippen LogP) is 1.95. The molecule has 6 heteroatoms. The minimum absolute atomic E-state index is 0.409. The lowest BCUT2D eigenvalue weighted by Crippen LogP contribution is -2.29. The third kappa shape index (κ3) is 1.75. The summed E-state index contributed by atoms with van der Waals surface area (Å²) >= 11 is 0. The minimum atomic E-state index is -1.80. The van der Waals surface area contributed by atoms with E-state index in [1.165, 1.54) is 0 Å². The molecule has 1 saturated carbocycles. The SMILES string of the molecule is CCCCCC1(C)[C@](C#N)(C(=O)OC)[C@]1(C#N)C(=O)OC. The summed E-state index contributed by atoms with van der Waals surface area (Å²) in [5.74, 6) is -1.70. The van der Waals surface area contributed by atoms with Crippen molar-refractivity contribution in [2.45, 2.75) is 39.5 Å². The lowest BCUT2D eigenvalue weighted by molar-refractivity contribution is -0.153. The van der Waals surface area contributed by atoms with E-state index in [4.69, 9.17) is 9.47 Å². The highest BCUT2D eigenvalue weighted by Crippen LogP contribution is 2.80. The Kier molecular flexibility index (Phi) is 4.63. The van der Waals surface area contributed by atoms with E-state index in [1.807, 2.05) is 19.1 Å². The van der Waals surface area contributed by atoms with Gasteiger partial charge in [-0.2, -0.15) is 10.5 Å². The number of nitrogens with zero attached hydrogens (tertiary/aromatic N) is 2. The van der Waals surface area contributed by atoms with E-state index in [-0.39, 0.29) is 0 Å². The molecule has 0 aromatic rings. The third-order valence-corrected chi connectivity index (χ3v) is 4.75. The number of carbonyl (C=O) groups excluding carboxylic acids is 2. The highest BCUT2D eigenvalue weighted by Gasteiger charge is 2.95. The highest BCUT2D eigenvalue weighted by molar-refractivity contribution is 6.02. The van der Waals surface area contributed by atoms with Gasteiger partial charge < -0.3 is 9.47 Å². The Morgan fingerprint density at radius 2 is 1.43 bits per heavy atom. The van der Waals surface area contributed by atoms with E-state index >= 15 is 0 Å². The van der Waals surface area contributed by atoms with Crippen molar-refractivity contribution >= 4 is 11.9 Å². The topological polar surface area (TPSA) is 100 Å². The normalized spacial score (nSPS) is 33.4. The smallest absolute Gasteiger partial charge is 0.329 e.